The summed E-state index contributed by atoms with van der Waals surface area (Å²) < 4.78 is 29.9. The van der Waals surface area contributed by atoms with Crippen molar-refractivity contribution in [1.29, 1.82) is 0 Å². The molecular formula is C39H38F2N6O4. The van der Waals surface area contributed by atoms with Crippen LogP contribution in [0, 0.1) is 23.5 Å². The number of aromatic nitrogens is 1. The minimum atomic E-state index is -0.771. The van der Waals surface area contributed by atoms with Gasteiger partial charge < -0.3 is 20.5 Å². The van der Waals surface area contributed by atoms with Gasteiger partial charge in [-0.25, -0.2) is 8.78 Å². The average molecular weight is 693 g/mol. The van der Waals surface area contributed by atoms with Crippen LogP contribution in [-0.4, -0.2) is 58.0 Å². The maximum Gasteiger partial charge on any atom is 0.259 e. The molecule has 7 rings (SSSR count). The number of halogens is 2. The number of imide groups is 1. The Hall–Kier alpha value is -5.54. The zero-order valence-electron chi connectivity index (χ0n) is 28.2. The second-order valence-corrected chi connectivity index (χ2v) is 13.4. The first-order valence-corrected chi connectivity index (χ1v) is 17.3. The van der Waals surface area contributed by atoms with Crippen LogP contribution in [-0.2, 0) is 22.6 Å². The maximum absolute atomic E-state index is 15.1. The third-order valence-electron chi connectivity index (χ3n) is 9.95. The summed E-state index contributed by atoms with van der Waals surface area (Å²) >= 11 is 0. The molecular weight excluding hydrogens is 654 g/mol. The minimum absolute atomic E-state index is 0.0566. The SMILES string of the molecule is CN1CCC[C@@H]1c1cc2c([nH]1)C=C(NC(=O)c1ccc(CCCCC#Cc3cc4c(cc3F)C(=O)N(C3CCC(=O)NC3=O)C4)cc1F)NC=C2. The molecule has 2 fully saturated rings. The van der Waals surface area contributed by atoms with Crippen molar-refractivity contribution in [3.63, 3.8) is 0 Å². The molecule has 4 aliphatic heterocycles. The lowest BCUT2D eigenvalue weighted by atomic mass is 10.0. The lowest BCUT2D eigenvalue weighted by Crippen LogP contribution is -2.52. The fraction of sp³-hybridized carbons (Fsp3) is 0.333. The summed E-state index contributed by atoms with van der Waals surface area (Å²) in [6.07, 6.45) is 10.6. The van der Waals surface area contributed by atoms with Crippen molar-refractivity contribution in [3.05, 3.63) is 105 Å². The van der Waals surface area contributed by atoms with Gasteiger partial charge in [-0.3, -0.25) is 29.4 Å². The van der Waals surface area contributed by atoms with Gasteiger partial charge in [0.25, 0.3) is 11.8 Å². The molecule has 2 atom stereocenters. The zero-order chi connectivity index (χ0) is 35.6. The molecule has 0 aliphatic carbocycles. The van der Waals surface area contributed by atoms with E-state index >= 15 is 4.39 Å². The van der Waals surface area contributed by atoms with E-state index in [0.717, 1.165) is 48.0 Å². The number of nitrogens with zero attached hydrogens (tertiary/aromatic N) is 2. The summed E-state index contributed by atoms with van der Waals surface area (Å²) in [5.41, 5.74) is 4.67. The summed E-state index contributed by atoms with van der Waals surface area (Å²) in [7, 11) is 2.12. The molecule has 1 unspecified atom stereocenters. The van der Waals surface area contributed by atoms with Gasteiger partial charge in [0.2, 0.25) is 11.8 Å². The molecule has 2 aromatic carbocycles. The molecule has 4 aliphatic rings. The molecule has 4 N–H and O–H groups in total. The highest BCUT2D eigenvalue weighted by molar-refractivity contribution is 6.05. The number of piperidine rings is 1. The second-order valence-electron chi connectivity index (χ2n) is 13.4. The van der Waals surface area contributed by atoms with Gasteiger partial charge in [-0.15, -0.1) is 0 Å². The number of hydrogen-bond donors (Lipinski definition) is 4. The van der Waals surface area contributed by atoms with E-state index in [1.807, 2.05) is 12.2 Å². The molecule has 0 saturated carbocycles. The molecule has 1 aromatic heterocycles. The van der Waals surface area contributed by atoms with E-state index in [1.165, 1.54) is 17.0 Å². The first-order chi connectivity index (χ1) is 24.6. The van der Waals surface area contributed by atoms with Crippen molar-refractivity contribution in [2.24, 2.45) is 0 Å². The van der Waals surface area contributed by atoms with Crippen LogP contribution in [0.1, 0.15) is 105 Å². The number of fused-ring (bicyclic) bond motifs is 2. The molecule has 10 nitrogen and oxygen atoms in total. The highest BCUT2D eigenvalue weighted by atomic mass is 19.1. The fourth-order valence-electron chi connectivity index (χ4n) is 7.20. The number of aromatic amines is 1. The van der Waals surface area contributed by atoms with Crippen molar-refractivity contribution >= 4 is 35.8 Å². The summed E-state index contributed by atoms with van der Waals surface area (Å²) in [6.45, 7) is 1.20. The number of nitrogens with one attached hydrogen (secondary N) is 4. The number of carbonyl (C=O) groups excluding carboxylic acids is 4. The number of benzene rings is 2. The van der Waals surface area contributed by atoms with Crippen molar-refractivity contribution in [3.8, 4) is 11.8 Å². The lowest BCUT2D eigenvalue weighted by Gasteiger charge is -2.29. The summed E-state index contributed by atoms with van der Waals surface area (Å²) in [4.78, 5) is 56.9. The topological polar surface area (TPSA) is 127 Å². The fourth-order valence-corrected chi connectivity index (χ4v) is 7.20. The molecule has 4 amide bonds. The summed E-state index contributed by atoms with van der Waals surface area (Å²) in [6, 6.07) is 9.01. The monoisotopic (exact) mass is 692 g/mol. The number of rotatable bonds is 8. The van der Waals surface area contributed by atoms with Crippen molar-refractivity contribution in [2.45, 2.75) is 70.0 Å². The van der Waals surface area contributed by atoms with Crippen LogP contribution in [0.3, 0.4) is 0 Å². The van der Waals surface area contributed by atoms with Crippen LogP contribution in [0.15, 0.2) is 48.4 Å². The predicted octanol–water partition coefficient (Wildman–Crippen LogP) is 4.89. The molecule has 2 saturated heterocycles. The van der Waals surface area contributed by atoms with Gasteiger partial charge in [-0.1, -0.05) is 17.9 Å². The van der Waals surface area contributed by atoms with Crippen molar-refractivity contribution < 1.29 is 28.0 Å². The van der Waals surface area contributed by atoms with Gasteiger partial charge in [0.05, 0.1) is 11.1 Å². The van der Waals surface area contributed by atoms with Crippen molar-refractivity contribution in [1.82, 2.24) is 30.7 Å². The number of unbranched alkanes of at least 4 members (excludes halogenated alkanes) is 2. The van der Waals surface area contributed by atoms with E-state index in [4.69, 9.17) is 0 Å². The van der Waals surface area contributed by atoms with Gasteiger partial charge in [0.1, 0.15) is 23.5 Å². The van der Waals surface area contributed by atoms with Crippen LogP contribution in [0.2, 0.25) is 0 Å². The number of likely N-dealkylation sites (tertiary alicyclic amines) is 1. The standard InChI is InChI=1S/C39H38F2N6O4/c1-46-16-6-9-33(46)32-19-25-14-15-42-35(21-31(25)43-32)44-37(49)27-11-10-23(17-30(27)41)7-4-2-3-5-8-24-18-26-22-47(39(51)28(26)20-29(24)40)34-12-13-36(48)45-38(34)50/h10-11,14-15,17-21,33-34,42-43H,2-4,6-7,9,12-13,16,22H2,1H3,(H,44,49)(H,45,48,50)/t33-,34?/m1/s1. The van der Waals surface area contributed by atoms with Crippen LogP contribution in [0.25, 0.3) is 12.2 Å². The summed E-state index contributed by atoms with van der Waals surface area (Å²) in [5.74, 6) is 3.17. The van der Waals surface area contributed by atoms with Crippen LogP contribution in [0.4, 0.5) is 8.78 Å². The van der Waals surface area contributed by atoms with Crippen LogP contribution < -0.4 is 16.0 Å². The molecule has 3 aromatic rings. The third kappa shape index (κ3) is 7.21. The van der Waals surface area contributed by atoms with Gasteiger partial charge in [0, 0.05) is 60.2 Å². The highest BCUT2D eigenvalue weighted by Gasteiger charge is 2.39. The maximum atomic E-state index is 15.1. The highest BCUT2D eigenvalue weighted by Crippen LogP contribution is 2.32. The van der Waals surface area contributed by atoms with E-state index in [-0.39, 0.29) is 42.0 Å². The van der Waals surface area contributed by atoms with Gasteiger partial charge in [0.15, 0.2) is 0 Å². The number of hydrogen-bond acceptors (Lipinski definition) is 6. The number of H-pyrrole nitrogens is 1. The smallest absolute Gasteiger partial charge is 0.259 e. The largest absolute Gasteiger partial charge is 0.357 e. The first-order valence-electron chi connectivity index (χ1n) is 17.3. The van der Waals surface area contributed by atoms with E-state index in [2.05, 4.69) is 50.8 Å². The predicted molar refractivity (Wildman–Crippen MR) is 186 cm³/mol. The average Bonchev–Trinajstić information content (AvgIpc) is 3.75. The molecule has 5 heterocycles. The normalized spacial score (nSPS) is 19.8. The molecule has 12 heteroatoms. The first kappa shape index (κ1) is 33.9. The molecule has 0 spiro atoms. The number of aryl methyl sites for hydroxylation is 1. The minimum Gasteiger partial charge on any atom is -0.357 e. The van der Waals surface area contributed by atoms with Crippen LogP contribution >= 0.6 is 0 Å². The number of carbonyl (C=O) groups is 4. The van der Waals surface area contributed by atoms with E-state index in [0.29, 0.717) is 43.1 Å². The third-order valence-corrected chi connectivity index (χ3v) is 9.95. The lowest BCUT2D eigenvalue weighted by molar-refractivity contribution is -0.136. The van der Waals surface area contributed by atoms with Gasteiger partial charge in [-0.2, -0.15) is 0 Å². The Morgan fingerprint density at radius 3 is 2.69 bits per heavy atom. The van der Waals surface area contributed by atoms with Crippen molar-refractivity contribution in [2.75, 3.05) is 13.6 Å². The summed E-state index contributed by atoms with van der Waals surface area (Å²) in [5, 5.41) is 8.10. The van der Waals surface area contributed by atoms with Gasteiger partial charge in [-0.05, 0) is 99.7 Å². The van der Waals surface area contributed by atoms with Gasteiger partial charge >= 0.3 is 0 Å². The number of amides is 4. The van der Waals surface area contributed by atoms with Crippen LogP contribution in [0.5, 0.6) is 0 Å². The Morgan fingerprint density at radius 2 is 1.90 bits per heavy atom. The Kier molecular flexibility index (Phi) is 9.56. The Morgan fingerprint density at radius 1 is 1.04 bits per heavy atom. The van der Waals surface area contributed by atoms with E-state index < -0.39 is 35.4 Å². The molecule has 0 bridgehead atoms. The van der Waals surface area contributed by atoms with E-state index in [9.17, 15) is 23.6 Å². The quantitative estimate of drug-likeness (QED) is 0.151. The zero-order valence-corrected chi connectivity index (χ0v) is 28.2. The molecule has 0 radical (unpaired) electrons. The van der Waals surface area contributed by atoms with E-state index in [1.54, 1.807) is 18.3 Å². The Labute approximate surface area is 294 Å². The second kappa shape index (κ2) is 14.4. The Balaban J connectivity index is 0.902. The molecule has 262 valence electrons. The molecule has 51 heavy (non-hydrogen) atoms. The Bertz CT molecular complexity index is 2060.